The Kier molecular flexibility index (Phi) is 5.20. The lowest BCUT2D eigenvalue weighted by molar-refractivity contribution is -0.139. The van der Waals surface area contributed by atoms with Crippen molar-refractivity contribution in [1.29, 1.82) is 0 Å². The van der Waals surface area contributed by atoms with Gasteiger partial charge < -0.3 is 14.8 Å². The van der Waals surface area contributed by atoms with Crippen LogP contribution < -0.4 is 5.32 Å². The first-order chi connectivity index (χ1) is 8.87. The molecule has 1 heterocycles. The Bertz CT molecular complexity index is 416. The van der Waals surface area contributed by atoms with E-state index in [1.807, 2.05) is 6.92 Å². The van der Waals surface area contributed by atoms with E-state index in [9.17, 15) is 18.0 Å². The molecule has 0 aromatic carbocycles. The molecule has 0 radical (unpaired) electrons. The van der Waals surface area contributed by atoms with Crippen molar-refractivity contribution in [2.75, 3.05) is 13.1 Å². The summed E-state index contributed by atoms with van der Waals surface area (Å²) in [7, 11) is 0. The number of aromatic nitrogens is 2. The summed E-state index contributed by atoms with van der Waals surface area (Å²) in [6.45, 7) is 3.00. The van der Waals surface area contributed by atoms with Gasteiger partial charge in [-0.3, -0.25) is 0 Å². The molecule has 2 amide bonds. The van der Waals surface area contributed by atoms with Crippen molar-refractivity contribution in [2.45, 2.75) is 33.1 Å². The monoisotopic (exact) mass is 278 g/mol. The fraction of sp³-hybridized carbons (Fsp3) is 0.636. The summed E-state index contributed by atoms with van der Waals surface area (Å²) >= 11 is 0. The standard InChI is InChI=1S/C11H17F3N4O/c1-3-17(7-11(12,13)14)10(19)16-6-9-5-15-8-18(9)4-2/h5,8H,3-4,6-7H2,1-2H3,(H,16,19). The molecular weight excluding hydrogens is 261 g/mol. The van der Waals surface area contributed by atoms with Crippen molar-refractivity contribution in [3.8, 4) is 0 Å². The minimum Gasteiger partial charge on any atom is -0.333 e. The molecule has 0 aliphatic rings. The maximum Gasteiger partial charge on any atom is 0.406 e. The number of hydrogen-bond acceptors (Lipinski definition) is 2. The van der Waals surface area contributed by atoms with Crippen molar-refractivity contribution >= 4 is 6.03 Å². The van der Waals surface area contributed by atoms with Gasteiger partial charge in [0, 0.05) is 19.3 Å². The molecule has 5 nitrogen and oxygen atoms in total. The van der Waals surface area contributed by atoms with Crippen LogP contribution in [0.15, 0.2) is 12.5 Å². The normalized spacial score (nSPS) is 11.4. The lowest BCUT2D eigenvalue weighted by atomic mass is 10.4. The topological polar surface area (TPSA) is 50.2 Å². The predicted octanol–water partition coefficient (Wildman–Crippen LogP) is 2.00. The number of amides is 2. The van der Waals surface area contributed by atoms with E-state index in [0.717, 1.165) is 5.69 Å². The second kappa shape index (κ2) is 6.44. The molecule has 1 N–H and O–H groups in total. The number of carbonyl (C=O) groups is 1. The van der Waals surface area contributed by atoms with E-state index < -0.39 is 18.8 Å². The van der Waals surface area contributed by atoms with E-state index in [4.69, 9.17) is 0 Å². The lowest BCUT2D eigenvalue weighted by Gasteiger charge is -2.22. The second-order valence-corrected chi connectivity index (χ2v) is 3.96. The number of carbonyl (C=O) groups excluding carboxylic acids is 1. The fourth-order valence-corrected chi connectivity index (χ4v) is 1.60. The zero-order valence-electron chi connectivity index (χ0n) is 10.9. The third kappa shape index (κ3) is 4.80. The molecule has 0 aliphatic carbocycles. The van der Waals surface area contributed by atoms with Crippen LogP contribution in [0.4, 0.5) is 18.0 Å². The van der Waals surface area contributed by atoms with Crippen LogP contribution in [0.5, 0.6) is 0 Å². The Hall–Kier alpha value is -1.73. The van der Waals surface area contributed by atoms with Gasteiger partial charge in [0.1, 0.15) is 6.54 Å². The van der Waals surface area contributed by atoms with Crippen molar-refractivity contribution in [2.24, 2.45) is 0 Å². The van der Waals surface area contributed by atoms with Crippen LogP contribution in [0.1, 0.15) is 19.5 Å². The van der Waals surface area contributed by atoms with E-state index >= 15 is 0 Å². The molecule has 0 saturated heterocycles. The quantitative estimate of drug-likeness (QED) is 0.895. The SMILES string of the molecule is CCN(CC(F)(F)F)C(=O)NCc1cncn1CC. The number of nitrogens with one attached hydrogen (secondary N) is 1. The molecule has 0 saturated carbocycles. The van der Waals surface area contributed by atoms with Crippen LogP contribution in [-0.4, -0.2) is 39.7 Å². The molecule has 0 fully saturated rings. The van der Waals surface area contributed by atoms with E-state index in [1.54, 1.807) is 17.1 Å². The van der Waals surface area contributed by atoms with Crippen molar-refractivity contribution in [1.82, 2.24) is 19.8 Å². The molecule has 8 heteroatoms. The number of urea groups is 1. The van der Waals surface area contributed by atoms with E-state index in [1.165, 1.54) is 6.92 Å². The number of imidazole rings is 1. The average molecular weight is 278 g/mol. The van der Waals surface area contributed by atoms with Crippen molar-refractivity contribution < 1.29 is 18.0 Å². The third-order valence-corrected chi connectivity index (χ3v) is 2.60. The van der Waals surface area contributed by atoms with E-state index in [2.05, 4.69) is 10.3 Å². The number of aryl methyl sites for hydroxylation is 1. The predicted molar refractivity (Wildman–Crippen MR) is 63.4 cm³/mol. The minimum absolute atomic E-state index is 0.00160. The van der Waals surface area contributed by atoms with Crippen molar-refractivity contribution in [3.05, 3.63) is 18.2 Å². The van der Waals surface area contributed by atoms with Gasteiger partial charge in [-0.25, -0.2) is 9.78 Å². The summed E-state index contributed by atoms with van der Waals surface area (Å²) in [5.74, 6) is 0. The van der Waals surface area contributed by atoms with Gasteiger partial charge in [-0.05, 0) is 13.8 Å². The molecule has 1 aromatic rings. The van der Waals surface area contributed by atoms with Crippen LogP contribution in [0.25, 0.3) is 0 Å². The van der Waals surface area contributed by atoms with Gasteiger partial charge in [0.25, 0.3) is 0 Å². The lowest BCUT2D eigenvalue weighted by Crippen LogP contribution is -2.44. The molecule has 108 valence electrons. The number of hydrogen-bond donors (Lipinski definition) is 1. The van der Waals surface area contributed by atoms with Gasteiger partial charge in [0.15, 0.2) is 0 Å². The summed E-state index contributed by atoms with van der Waals surface area (Å²) < 4.78 is 38.6. The summed E-state index contributed by atoms with van der Waals surface area (Å²) in [6, 6.07) is -0.733. The highest BCUT2D eigenvalue weighted by molar-refractivity contribution is 5.74. The van der Waals surface area contributed by atoms with E-state index in [-0.39, 0.29) is 13.1 Å². The Morgan fingerprint density at radius 3 is 2.68 bits per heavy atom. The molecular formula is C11H17F3N4O. The largest absolute Gasteiger partial charge is 0.406 e. The summed E-state index contributed by atoms with van der Waals surface area (Å²) in [6.07, 6.45) is -1.21. The molecule has 1 rings (SSSR count). The molecule has 0 spiro atoms. The van der Waals surface area contributed by atoms with Crippen LogP contribution in [-0.2, 0) is 13.1 Å². The smallest absolute Gasteiger partial charge is 0.333 e. The fourth-order valence-electron chi connectivity index (χ4n) is 1.60. The van der Waals surface area contributed by atoms with Crippen LogP contribution in [0, 0.1) is 0 Å². The summed E-state index contributed by atoms with van der Waals surface area (Å²) in [5, 5.41) is 2.46. The summed E-state index contributed by atoms with van der Waals surface area (Å²) in [4.78, 5) is 16.3. The second-order valence-electron chi connectivity index (χ2n) is 3.96. The zero-order valence-corrected chi connectivity index (χ0v) is 10.9. The molecule has 1 aromatic heterocycles. The molecule has 0 bridgehead atoms. The van der Waals surface area contributed by atoms with Gasteiger partial charge in [-0.15, -0.1) is 0 Å². The molecule has 0 aliphatic heterocycles. The van der Waals surface area contributed by atoms with Crippen LogP contribution in [0.3, 0.4) is 0 Å². The third-order valence-electron chi connectivity index (χ3n) is 2.60. The summed E-state index contributed by atoms with van der Waals surface area (Å²) in [5.41, 5.74) is 0.749. The number of rotatable bonds is 5. The Balaban J connectivity index is 2.54. The Labute approximate surface area is 109 Å². The number of nitrogens with zero attached hydrogens (tertiary/aromatic N) is 3. The molecule has 0 atom stereocenters. The first-order valence-corrected chi connectivity index (χ1v) is 5.96. The van der Waals surface area contributed by atoms with Gasteiger partial charge in [0.2, 0.25) is 0 Å². The maximum atomic E-state index is 12.2. The van der Waals surface area contributed by atoms with Gasteiger partial charge in [0.05, 0.1) is 18.6 Å². The van der Waals surface area contributed by atoms with E-state index in [0.29, 0.717) is 11.4 Å². The number of halogens is 3. The van der Waals surface area contributed by atoms with Gasteiger partial charge >= 0.3 is 12.2 Å². The Morgan fingerprint density at radius 2 is 2.16 bits per heavy atom. The zero-order chi connectivity index (χ0) is 14.5. The first kappa shape index (κ1) is 15.3. The molecule has 0 unspecified atom stereocenters. The first-order valence-electron chi connectivity index (χ1n) is 5.96. The Morgan fingerprint density at radius 1 is 1.47 bits per heavy atom. The maximum absolute atomic E-state index is 12.2. The highest BCUT2D eigenvalue weighted by atomic mass is 19.4. The van der Waals surface area contributed by atoms with Crippen LogP contribution >= 0.6 is 0 Å². The highest BCUT2D eigenvalue weighted by Gasteiger charge is 2.32. The average Bonchev–Trinajstić information content (AvgIpc) is 2.79. The number of alkyl halides is 3. The highest BCUT2D eigenvalue weighted by Crippen LogP contribution is 2.16. The van der Waals surface area contributed by atoms with Gasteiger partial charge in [-0.2, -0.15) is 13.2 Å². The molecule has 19 heavy (non-hydrogen) atoms. The van der Waals surface area contributed by atoms with Crippen LogP contribution in [0.2, 0.25) is 0 Å². The van der Waals surface area contributed by atoms with Gasteiger partial charge in [-0.1, -0.05) is 0 Å². The minimum atomic E-state index is -4.39. The van der Waals surface area contributed by atoms with Crippen molar-refractivity contribution in [3.63, 3.8) is 0 Å².